The largest absolute Gasteiger partial charge is 0.496 e. The van der Waals surface area contributed by atoms with Crippen molar-refractivity contribution in [3.63, 3.8) is 0 Å². The van der Waals surface area contributed by atoms with Crippen LogP contribution in [0.5, 0.6) is 46.0 Å². The zero-order valence-corrected chi connectivity index (χ0v) is 32.8. The number of fused-ring (bicyclic) bond motifs is 8. The predicted molar refractivity (Wildman–Crippen MR) is 206 cm³/mol. The van der Waals surface area contributed by atoms with Crippen molar-refractivity contribution in [2.75, 3.05) is 56.9 Å². The molecule has 0 saturated carbocycles. The Hall–Kier alpha value is -6.76. The molecule has 4 aromatic rings. The van der Waals surface area contributed by atoms with Gasteiger partial charge < -0.3 is 37.9 Å². The van der Waals surface area contributed by atoms with Crippen LogP contribution in [0.3, 0.4) is 0 Å². The molecule has 4 aromatic carbocycles. The monoisotopic (exact) mass is 756 g/mol. The normalized spacial score (nSPS) is 16.8. The van der Waals surface area contributed by atoms with E-state index in [1.165, 1.54) is 0 Å². The van der Waals surface area contributed by atoms with Crippen LogP contribution in [0.4, 0.5) is 0 Å². The van der Waals surface area contributed by atoms with E-state index in [9.17, 15) is 21.0 Å². The molecule has 0 fully saturated rings. The van der Waals surface area contributed by atoms with Gasteiger partial charge in [-0.3, -0.25) is 0 Å². The van der Waals surface area contributed by atoms with E-state index >= 15 is 0 Å². The molecule has 12 heteroatoms. The van der Waals surface area contributed by atoms with E-state index in [4.69, 9.17) is 37.9 Å². The number of hydrogen-bond acceptors (Lipinski definition) is 12. The minimum atomic E-state index is -0.626. The van der Waals surface area contributed by atoms with Crippen LogP contribution in [-0.2, 0) is 0 Å². The third-order valence-corrected chi connectivity index (χ3v) is 10.5. The van der Waals surface area contributed by atoms with E-state index in [1.54, 1.807) is 81.1 Å². The first-order valence-corrected chi connectivity index (χ1v) is 17.8. The molecule has 56 heavy (non-hydrogen) atoms. The molecule has 1 aliphatic rings. The Balaban J connectivity index is 2.09. The molecule has 12 nitrogen and oxygen atoms in total. The van der Waals surface area contributed by atoms with Crippen molar-refractivity contribution in [1.82, 2.24) is 0 Å². The quantitative estimate of drug-likeness (QED) is 0.136. The van der Waals surface area contributed by atoms with Gasteiger partial charge in [0.15, 0.2) is 0 Å². The van der Waals surface area contributed by atoms with Crippen molar-refractivity contribution < 1.29 is 37.9 Å². The summed E-state index contributed by atoms with van der Waals surface area (Å²) in [6.07, 6.45) is 0.0474. The third kappa shape index (κ3) is 7.35. The molecule has 0 spiro atoms. The summed E-state index contributed by atoms with van der Waals surface area (Å²) in [7, 11) is 12.3. The lowest BCUT2D eigenvalue weighted by molar-refractivity contribution is 0.375. The Morgan fingerprint density at radius 2 is 0.446 bits per heavy atom. The fraction of sp³-hybridized carbons (Fsp3) is 0.364. The molecular weight excluding hydrogens is 713 g/mol. The lowest BCUT2D eigenvalue weighted by Crippen LogP contribution is -2.14. The first-order valence-electron chi connectivity index (χ1n) is 17.8. The van der Waals surface area contributed by atoms with Crippen LogP contribution in [0.2, 0.25) is 0 Å². The minimum absolute atomic E-state index is 0.0118. The number of methoxy groups -OCH3 is 8. The van der Waals surface area contributed by atoms with E-state index in [0.717, 1.165) is 0 Å². The van der Waals surface area contributed by atoms with Crippen molar-refractivity contribution in [3.05, 3.63) is 93.0 Å². The second-order valence-electron chi connectivity index (χ2n) is 13.0. The topological polar surface area (TPSA) is 169 Å². The Labute approximate surface area is 327 Å². The first kappa shape index (κ1) is 40.4. The number of rotatable bonds is 12. The number of hydrogen-bond donors (Lipinski definition) is 0. The summed E-state index contributed by atoms with van der Waals surface area (Å²) in [5, 5.41) is 41.5. The molecule has 0 atom stereocenters. The highest BCUT2D eigenvalue weighted by molar-refractivity contribution is 5.63. The summed E-state index contributed by atoms with van der Waals surface area (Å²) in [5.41, 5.74) is 5.15. The van der Waals surface area contributed by atoms with Crippen LogP contribution in [-0.4, -0.2) is 56.9 Å². The molecule has 0 radical (unpaired) electrons. The van der Waals surface area contributed by atoms with E-state index in [2.05, 4.69) is 24.3 Å². The Kier molecular flexibility index (Phi) is 13.0. The van der Waals surface area contributed by atoms with Crippen molar-refractivity contribution in [3.8, 4) is 70.3 Å². The summed E-state index contributed by atoms with van der Waals surface area (Å²) >= 11 is 0. The maximum absolute atomic E-state index is 10.4. The van der Waals surface area contributed by atoms with Crippen molar-refractivity contribution >= 4 is 0 Å². The molecule has 0 aliphatic heterocycles. The van der Waals surface area contributed by atoms with E-state index in [0.29, 0.717) is 90.5 Å². The van der Waals surface area contributed by atoms with Gasteiger partial charge in [-0.25, -0.2) is 0 Å². The zero-order valence-electron chi connectivity index (χ0n) is 32.8. The maximum atomic E-state index is 10.4. The van der Waals surface area contributed by atoms with Gasteiger partial charge in [-0.05, 0) is 24.3 Å². The van der Waals surface area contributed by atoms with Crippen molar-refractivity contribution in [2.24, 2.45) is 0 Å². The van der Waals surface area contributed by atoms with E-state index < -0.39 is 23.7 Å². The third-order valence-electron chi connectivity index (χ3n) is 10.5. The summed E-state index contributed by atoms with van der Waals surface area (Å²) in [4.78, 5) is 0. The molecule has 0 saturated heterocycles. The SMILES string of the molecule is COc1cc(OC)c2cc1C(CC#N)c1cc(c(OC)cc1OC)C(CC#N)c1cc(c(OC)cc1OC)C(CC#N)c1cc(c(OC)cc1OC)C2CC#N. The molecule has 0 amide bonds. The fourth-order valence-corrected chi connectivity index (χ4v) is 7.89. The summed E-state index contributed by atoms with van der Waals surface area (Å²) in [6.45, 7) is 0. The van der Waals surface area contributed by atoms with Gasteiger partial charge in [0, 0.05) is 118 Å². The molecule has 0 heterocycles. The molecule has 288 valence electrons. The number of nitrogens with zero attached hydrogens (tertiary/aromatic N) is 4. The van der Waals surface area contributed by atoms with E-state index in [-0.39, 0.29) is 25.7 Å². The van der Waals surface area contributed by atoms with Crippen molar-refractivity contribution in [2.45, 2.75) is 49.4 Å². The Morgan fingerprint density at radius 1 is 0.304 bits per heavy atom. The number of ether oxygens (including phenoxy) is 8. The van der Waals surface area contributed by atoms with Gasteiger partial charge in [0.1, 0.15) is 46.0 Å². The second-order valence-corrected chi connectivity index (χ2v) is 13.0. The summed E-state index contributed by atoms with van der Waals surface area (Å²) in [6, 6.07) is 24.1. The van der Waals surface area contributed by atoms with E-state index in [1.807, 2.05) is 24.3 Å². The maximum Gasteiger partial charge on any atom is 0.126 e. The van der Waals surface area contributed by atoms with Crippen LogP contribution in [0.25, 0.3) is 0 Å². The first-order chi connectivity index (χ1) is 27.2. The molecule has 5 rings (SSSR count). The van der Waals surface area contributed by atoms with Crippen LogP contribution < -0.4 is 37.9 Å². The lowest BCUT2D eigenvalue weighted by atomic mass is 9.77. The highest BCUT2D eigenvalue weighted by Gasteiger charge is 2.34. The number of benzene rings is 4. The van der Waals surface area contributed by atoms with Gasteiger partial charge in [0.25, 0.3) is 0 Å². The molecule has 1 aliphatic carbocycles. The Bertz CT molecular complexity index is 1830. The van der Waals surface area contributed by atoms with Crippen LogP contribution in [0, 0.1) is 45.3 Å². The van der Waals surface area contributed by atoms with Crippen LogP contribution in [0.1, 0.15) is 93.9 Å². The van der Waals surface area contributed by atoms with Crippen LogP contribution in [0.15, 0.2) is 48.5 Å². The molecule has 0 aromatic heterocycles. The Morgan fingerprint density at radius 3 is 0.554 bits per heavy atom. The lowest BCUT2D eigenvalue weighted by Gasteiger charge is -2.30. The molecular formula is C44H44N4O8. The van der Waals surface area contributed by atoms with Gasteiger partial charge in [-0.15, -0.1) is 0 Å². The van der Waals surface area contributed by atoms with Gasteiger partial charge in [0.05, 0.1) is 81.2 Å². The van der Waals surface area contributed by atoms with Gasteiger partial charge in [-0.1, -0.05) is 0 Å². The fourth-order valence-electron chi connectivity index (χ4n) is 7.89. The molecule has 0 unspecified atom stereocenters. The van der Waals surface area contributed by atoms with Gasteiger partial charge in [-0.2, -0.15) is 21.0 Å². The molecule has 8 bridgehead atoms. The average Bonchev–Trinajstić information content (AvgIpc) is 3.23. The smallest absolute Gasteiger partial charge is 0.126 e. The van der Waals surface area contributed by atoms with Crippen molar-refractivity contribution in [1.29, 1.82) is 21.0 Å². The standard InChI is InChI=1S/C44H44N4O8/c1-49-37-21-38(50-2)30-17-29(37)25(9-13-45)31-18-32(40(52-4)22-39(31)51-3)27(11-15-47)35-20-36(44(56-8)24-43(35)55-7)28(12-16-48)34-19-33(26(30)10-14-46)41(53-5)23-42(34)54-6/h17-28H,9-12H2,1-8H3. The summed E-state index contributed by atoms with van der Waals surface area (Å²) < 4.78 is 47.8. The average molecular weight is 757 g/mol. The highest BCUT2D eigenvalue weighted by atomic mass is 16.5. The second kappa shape index (κ2) is 18.0. The number of nitriles is 4. The minimum Gasteiger partial charge on any atom is -0.496 e. The molecule has 0 N–H and O–H groups in total. The highest BCUT2D eigenvalue weighted by Crippen LogP contribution is 2.52. The van der Waals surface area contributed by atoms with Crippen LogP contribution >= 0.6 is 0 Å². The van der Waals surface area contributed by atoms with Gasteiger partial charge >= 0.3 is 0 Å². The zero-order chi connectivity index (χ0) is 40.5. The van der Waals surface area contributed by atoms with Gasteiger partial charge in [0.2, 0.25) is 0 Å². The predicted octanol–water partition coefficient (Wildman–Crippen LogP) is 8.25. The summed E-state index contributed by atoms with van der Waals surface area (Å²) in [5.74, 6) is 1.12.